The Bertz CT molecular complexity index is 568. The van der Waals surface area contributed by atoms with Gasteiger partial charge in [0.05, 0.1) is 21.8 Å². The van der Waals surface area contributed by atoms with E-state index in [1.807, 2.05) is 29.7 Å². The lowest BCUT2D eigenvalue weighted by Crippen LogP contribution is -2.02. The van der Waals surface area contributed by atoms with Gasteiger partial charge in [-0.25, -0.2) is 4.98 Å². The molecule has 2 rings (SSSR count). The van der Waals surface area contributed by atoms with Crippen LogP contribution in [0.2, 0.25) is 5.02 Å². The number of carbonyl (C=O) groups is 1. The summed E-state index contributed by atoms with van der Waals surface area (Å²) in [4.78, 5) is 15.0. The zero-order chi connectivity index (χ0) is 12.4. The third kappa shape index (κ3) is 2.40. The Morgan fingerprint density at radius 1 is 1.59 bits per heavy atom. The average molecular weight is 271 g/mol. The number of benzene rings is 1. The van der Waals surface area contributed by atoms with Gasteiger partial charge in [-0.15, -0.1) is 0 Å². The van der Waals surface area contributed by atoms with Crippen molar-refractivity contribution in [2.75, 3.05) is 5.75 Å². The molecule has 2 aromatic rings. The largest absolute Gasteiger partial charge is 0.481 e. The molecule has 1 N–H and O–H groups in total. The molecule has 1 aromatic carbocycles. The molecule has 17 heavy (non-hydrogen) atoms. The molecule has 0 aliphatic carbocycles. The maximum Gasteiger partial charge on any atom is 0.313 e. The van der Waals surface area contributed by atoms with Gasteiger partial charge in [0.15, 0.2) is 5.16 Å². The number of aromatic nitrogens is 2. The molecule has 1 aromatic heterocycles. The number of thioether (sulfide) groups is 1. The van der Waals surface area contributed by atoms with E-state index in [1.165, 1.54) is 11.8 Å². The molecule has 0 saturated carbocycles. The molecule has 0 fully saturated rings. The maximum atomic E-state index is 10.6. The van der Waals surface area contributed by atoms with Gasteiger partial charge in [-0.2, -0.15) is 0 Å². The fourth-order valence-corrected chi connectivity index (χ4v) is 2.71. The lowest BCUT2D eigenvalue weighted by atomic mass is 10.3. The Kier molecular flexibility index (Phi) is 3.59. The molecule has 0 spiro atoms. The molecule has 0 atom stereocenters. The van der Waals surface area contributed by atoms with Crippen LogP contribution >= 0.6 is 23.4 Å². The molecular formula is C11H11ClN2O2S. The lowest BCUT2D eigenvalue weighted by Gasteiger charge is -2.04. The summed E-state index contributed by atoms with van der Waals surface area (Å²) in [6.07, 6.45) is 0. The maximum absolute atomic E-state index is 10.6. The summed E-state index contributed by atoms with van der Waals surface area (Å²) in [5, 5.41) is 10.0. The fourth-order valence-electron chi connectivity index (χ4n) is 1.65. The summed E-state index contributed by atoms with van der Waals surface area (Å²) in [6, 6.07) is 5.52. The van der Waals surface area contributed by atoms with E-state index < -0.39 is 5.97 Å². The van der Waals surface area contributed by atoms with E-state index in [2.05, 4.69) is 4.98 Å². The van der Waals surface area contributed by atoms with E-state index in [9.17, 15) is 4.79 Å². The van der Waals surface area contributed by atoms with E-state index in [-0.39, 0.29) is 5.75 Å². The summed E-state index contributed by atoms with van der Waals surface area (Å²) in [6.45, 7) is 2.69. The predicted molar refractivity (Wildman–Crippen MR) is 68.8 cm³/mol. The summed E-state index contributed by atoms with van der Waals surface area (Å²) in [5.74, 6) is -0.850. The minimum atomic E-state index is -0.851. The molecule has 0 amide bonds. The smallest absolute Gasteiger partial charge is 0.313 e. The molecule has 90 valence electrons. The third-order valence-corrected chi connectivity index (χ3v) is 3.59. The van der Waals surface area contributed by atoms with Crippen molar-refractivity contribution in [3.05, 3.63) is 23.2 Å². The quantitative estimate of drug-likeness (QED) is 0.868. The van der Waals surface area contributed by atoms with Crippen molar-refractivity contribution in [1.29, 1.82) is 0 Å². The predicted octanol–water partition coefficient (Wildman–Crippen LogP) is 2.89. The first-order chi connectivity index (χ1) is 8.13. The highest BCUT2D eigenvalue weighted by molar-refractivity contribution is 7.99. The van der Waals surface area contributed by atoms with Crippen LogP contribution in [0.25, 0.3) is 11.0 Å². The van der Waals surface area contributed by atoms with Crippen LogP contribution in [-0.4, -0.2) is 26.4 Å². The highest BCUT2D eigenvalue weighted by atomic mass is 35.5. The van der Waals surface area contributed by atoms with Crippen LogP contribution in [0.15, 0.2) is 23.4 Å². The van der Waals surface area contributed by atoms with Gasteiger partial charge in [0.1, 0.15) is 0 Å². The van der Waals surface area contributed by atoms with Crippen molar-refractivity contribution in [2.45, 2.75) is 18.6 Å². The van der Waals surface area contributed by atoms with Crippen molar-refractivity contribution in [3.63, 3.8) is 0 Å². The topological polar surface area (TPSA) is 55.1 Å². The SMILES string of the molecule is CCn1c(SCC(=O)O)nc2cccc(Cl)c21. The number of hydrogen-bond acceptors (Lipinski definition) is 3. The third-order valence-electron chi connectivity index (χ3n) is 2.32. The zero-order valence-electron chi connectivity index (χ0n) is 9.18. The van der Waals surface area contributed by atoms with Crippen LogP contribution in [0.4, 0.5) is 0 Å². The number of aryl methyl sites for hydroxylation is 1. The van der Waals surface area contributed by atoms with E-state index in [0.717, 1.165) is 11.0 Å². The zero-order valence-corrected chi connectivity index (χ0v) is 10.8. The number of fused-ring (bicyclic) bond motifs is 1. The van der Waals surface area contributed by atoms with E-state index in [4.69, 9.17) is 16.7 Å². The van der Waals surface area contributed by atoms with Gasteiger partial charge in [0.25, 0.3) is 0 Å². The van der Waals surface area contributed by atoms with Crippen molar-refractivity contribution in [1.82, 2.24) is 9.55 Å². The highest BCUT2D eigenvalue weighted by Crippen LogP contribution is 2.28. The number of rotatable bonds is 4. The number of hydrogen-bond donors (Lipinski definition) is 1. The Morgan fingerprint density at radius 3 is 3.00 bits per heavy atom. The van der Waals surface area contributed by atoms with Gasteiger partial charge in [0, 0.05) is 6.54 Å². The first kappa shape index (κ1) is 12.3. The summed E-state index contributed by atoms with van der Waals surface area (Å²) in [7, 11) is 0. The second-order valence-corrected chi connectivity index (χ2v) is 4.78. The van der Waals surface area contributed by atoms with Gasteiger partial charge in [-0.1, -0.05) is 29.4 Å². The lowest BCUT2D eigenvalue weighted by molar-refractivity contribution is -0.133. The molecule has 1 heterocycles. The molecule has 0 saturated heterocycles. The summed E-state index contributed by atoms with van der Waals surface area (Å²) < 4.78 is 1.94. The Morgan fingerprint density at radius 2 is 2.35 bits per heavy atom. The van der Waals surface area contributed by atoms with E-state index in [0.29, 0.717) is 16.7 Å². The van der Waals surface area contributed by atoms with Crippen LogP contribution in [0, 0.1) is 0 Å². The average Bonchev–Trinajstić information content (AvgIpc) is 2.65. The summed E-state index contributed by atoms with van der Waals surface area (Å²) >= 11 is 7.34. The Labute approximate surface area is 108 Å². The minimum absolute atomic E-state index is 0.000933. The van der Waals surface area contributed by atoms with Crippen LogP contribution in [-0.2, 0) is 11.3 Å². The van der Waals surface area contributed by atoms with Crippen LogP contribution in [0.1, 0.15) is 6.92 Å². The van der Waals surface area contributed by atoms with Gasteiger partial charge >= 0.3 is 5.97 Å². The van der Waals surface area contributed by atoms with Crippen molar-refractivity contribution in [3.8, 4) is 0 Å². The highest BCUT2D eigenvalue weighted by Gasteiger charge is 2.13. The normalized spacial score (nSPS) is 10.9. The Balaban J connectivity index is 2.49. The van der Waals surface area contributed by atoms with Crippen LogP contribution < -0.4 is 0 Å². The molecule has 4 nitrogen and oxygen atoms in total. The Hall–Kier alpha value is -1.20. The van der Waals surface area contributed by atoms with Gasteiger partial charge in [0.2, 0.25) is 0 Å². The van der Waals surface area contributed by atoms with Gasteiger partial charge in [-0.3, -0.25) is 4.79 Å². The molecule has 0 unspecified atom stereocenters. The fraction of sp³-hybridized carbons (Fsp3) is 0.273. The molecule has 6 heteroatoms. The number of para-hydroxylation sites is 1. The monoisotopic (exact) mass is 270 g/mol. The molecule has 0 radical (unpaired) electrons. The van der Waals surface area contributed by atoms with Gasteiger partial charge in [-0.05, 0) is 19.1 Å². The van der Waals surface area contributed by atoms with Crippen molar-refractivity contribution < 1.29 is 9.90 Å². The number of nitrogens with zero attached hydrogens (tertiary/aromatic N) is 2. The van der Waals surface area contributed by atoms with Crippen LogP contribution in [0.3, 0.4) is 0 Å². The number of imidazole rings is 1. The number of halogens is 1. The molecule has 0 bridgehead atoms. The molecule has 0 aliphatic heterocycles. The van der Waals surface area contributed by atoms with Crippen LogP contribution in [0.5, 0.6) is 0 Å². The molecular weight excluding hydrogens is 260 g/mol. The van der Waals surface area contributed by atoms with E-state index >= 15 is 0 Å². The first-order valence-electron chi connectivity index (χ1n) is 5.12. The molecule has 0 aliphatic rings. The second kappa shape index (κ2) is 4.98. The number of carboxylic acid groups (broad SMARTS) is 1. The first-order valence-corrected chi connectivity index (χ1v) is 6.49. The minimum Gasteiger partial charge on any atom is -0.481 e. The van der Waals surface area contributed by atoms with Crippen molar-refractivity contribution in [2.24, 2.45) is 0 Å². The second-order valence-electron chi connectivity index (χ2n) is 3.43. The van der Waals surface area contributed by atoms with Gasteiger partial charge < -0.3 is 9.67 Å². The summed E-state index contributed by atoms with van der Waals surface area (Å²) in [5.41, 5.74) is 1.66. The number of aliphatic carboxylic acids is 1. The van der Waals surface area contributed by atoms with E-state index in [1.54, 1.807) is 0 Å². The standard InChI is InChI=1S/C11H11ClN2O2S/c1-2-14-10-7(12)4-3-5-8(10)13-11(14)17-6-9(15)16/h3-5H,2,6H2,1H3,(H,15,16). The number of carboxylic acids is 1. The van der Waals surface area contributed by atoms with Crippen molar-refractivity contribution >= 4 is 40.4 Å².